The molecule has 1 aromatic carbocycles. The van der Waals surface area contributed by atoms with Gasteiger partial charge in [-0.05, 0) is 64.0 Å². The summed E-state index contributed by atoms with van der Waals surface area (Å²) in [7, 11) is 1.75. The standard InChI is InChI=1S/C20H35FN4O.HI/c1-6-25(7-2)13-9-10-16(4)24-20(22-5)23-15-17-11-12-19(26-8-3)18(21)14-17;/h11-12,14,16H,6-10,13,15H2,1-5H3,(H2,22,23,24);1H. The maximum Gasteiger partial charge on any atom is 0.191 e. The van der Waals surface area contributed by atoms with Crippen LogP contribution in [0.25, 0.3) is 0 Å². The van der Waals surface area contributed by atoms with Crippen LogP contribution in [0, 0.1) is 5.82 Å². The van der Waals surface area contributed by atoms with Crippen molar-refractivity contribution >= 4 is 29.9 Å². The van der Waals surface area contributed by atoms with Gasteiger partial charge in [0, 0.05) is 19.6 Å². The van der Waals surface area contributed by atoms with Crippen molar-refractivity contribution in [2.24, 2.45) is 4.99 Å². The van der Waals surface area contributed by atoms with Gasteiger partial charge in [-0.15, -0.1) is 24.0 Å². The predicted molar refractivity (Wildman–Crippen MR) is 123 cm³/mol. The second-order valence-electron chi connectivity index (χ2n) is 6.34. The third-order valence-corrected chi connectivity index (χ3v) is 4.37. The molecule has 0 heterocycles. The van der Waals surface area contributed by atoms with E-state index in [4.69, 9.17) is 4.74 Å². The van der Waals surface area contributed by atoms with Crippen LogP contribution < -0.4 is 15.4 Å². The van der Waals surface area contributed by atoms with Crippen LogP contribution in [0.1, 0.15) is 46.1 Å². The van der Waals surface area contributed by atoms with Crippen molar-refractivity contribution in [3.05, 3.63) is 29.6 Å². The molecule has 0 amide bonds. The molecule has 1 aromatic rings. The highest BCUT2D eigenvalue weighted by atomic mass is 127. The first-order valence-electron chi connectivity index (χ1n) is 9.64. The molecule has 0 saturated carbocycles. The molecule has 1 unspecified atom stereocenters. The van der Waals surface area contributed by atoms with E-state index >= 15 is 0 Å². The summed E-state index contributed by atoms with van der Waals surface area (Å²) >= 11 is 0. The lowest BCUT2D eigenvalue weighted by atomic mass is 10.1. The maximum absolute atomic E-state index is 13.9. The summed E-state index contributed by atoms with van der Waals surface area (Å²) in [5.41, 5.74) is 0.850. The Morgan fingerprint density at radius 2 is 1.96 bits per heavy atom. The Labute approximate surface area is 181 Å². The molecule has 0 radical (unpaired) electrons. The summed E-state index contributed by atoms with van der Waals surface area (Å²) in [5, 5.41) is 6.63. The zero-order valence-electron chi connectivity index (χ0n) is 17.3. The van der Waals surface area contributed by atoms with E-state index in [1.165, 1.54) is 6.07 Å². The first kappa shape index (κ1) is 25.9. The van der Waals surface area contributed by atoms with E-state index in [1.54, 1.807) is 13.1 Å². The van der Waals surface area contributed by atoms with E-state index < -0.39 is 0 Å². The minimum Gasteiger partial charge on any atom is -0.491 e. The molecule has 1 atom stereocenters. The molecule has 1 rings (SSSR count). The molecule has 0 saturated heterocycles. The number of guanidine groups is 1. The molecule has 27 heavy (non-hydrogen) atoms. The van der Waals surface area contributed by atoms with Crippen molar-refractivity contribution < 1.29 is 9.13 Å². The third kappa shape index (κ3) is 10.1. The van der Waals surface area contributed by atoms with Gasteiger partial charge in [0.15, 0.2) is 17.5 Å². The lowest BCUT2D eigenvalue weighted by molar-refractivity contribution is 0.292. The van der Waals surface area contributed by atoms with E-state index in [-0.39, 0.29) is 29.8 Å². The van der Waals surface area contributed by atoms with Gasteiger partial charge >= 0.3 is 0 Å². The van der Waals surface area contributed by atoms with E-state index in [2.05, 4.69) is 41.3 Å². The molecule has 0 aliphatic carbocycles. The fourth-order valence-corrected chi connectivity index (χ4v) is 2.77. The smallest absolute Gasteiger partial charge is 0.191 e. The Kier molecular flexibility index (Phi) is 14.3. The highest BCUT2D eigenvalue weighted by Gasteiger charge is 2.08. The van der Waals surface area contributed by atoms with Crippen molar-refractivity contribution in [1.29, 1.82) is 0 Å². The second kappa shape index (κ2) is 14.9. The Morgan fingerprint density at radius 3 is 2.52 bits per heavy atom. The van der Waals surface area contributed by atoms with E-state index in [9.17, 15) is 4.39 Å². The van der Waals surface area contributed by atoms with Crippen molar-refractivity contribution in [1.82, 2.24) is 15.5 Å². The number of aliphatic imine (C=N–C) groups is 1. The third-order valence-electron chi connectivity index (χ3n) is 4.37. The van der Waals surface area contributed by atoms with Crippen LogP contribution in [0.5, 0.6) is 5.75 Å². The number of benzene rings is 1. The van der Waals surface area contributed by atoms with Crippen molar-refractivity contribution in [3.8, 4) is 5.75 Å². The van der Waals surface area contributed by atoms with Gasteiger partial charge in [-0.1, -0.05) is 19.9 Å². The number of hydrogen-bond acceptors (Lipinski definition) is 3. The summed E-state index contributed by atoms with van der Waals surface area (Å²) in [5.74, 6) is 0.689. The average Bonchev–Trinajstić information content (AvgIpc) is 2.64. The largest absolute Gasteiger partial charge is 0.491 e. The van der Waals surface area contributed by atoms with Gasteiger partial charge in [0.1, 0.15) is 0 Å². The molecular formula is C20H36FIN4O. The topological polar surface area (TPSA) is 48.9 Å². The lowest BCUT2D eigenvalue weighted by Crippen LogP contribution is -2.42. The van der Waals surface area contributed by atoms with Crippen molar-refractivity contribution in [3.63, 3.8) is 0 Å². The van der Waals surface area contributed by atoms with Gasteiger partial charge in [-0.3, -0.25) is 4.99 Å². The Hall–Kier alpha value is -1.09. The van der Waals surface area contributed by atoms with E-state index in [0.29, 0.717) is 24.9 Å². The number of rotatable bonds is 11. The number of hydrogen-bond donors (Lipinski definition) is 2. The van der Waals surface area contributed by atoms with Crippen molar-refractivity contribution in [2.45, 2.75) is 53.1 Å². The zero-order valence-corrected chi connectivity index (χ0v) is 19.7. The van der Waals surface area contributed by atoms with Gasteiger partial charge in [0.05, 0.1) is 6.61 Å². The summed E-state index contributed by atoms with van der Waals surface area (Å²) in [6.45, 7) is 12.7. The molecule has 2 N–H and O–H groups in total. The minimum absolute atomic E-state index is 0. The van der Waals surface area contributed by atoms with Gasteiger partial charge in [0.25, 0.3) is 0 Å². The van der Waals surface area contributed by atoms with Gasteiger partial charge in [0.2, 0.25) is 0 Å². The molecule has 0 aromatic heterocycles. The molecule has 0 spiro atoms. The minimum atomic E-state index is -0.334. The number of nitrogens with zero attached hydrogens (tertiary/aromatic N) is 2. The molecule has 0 bridgehead atoms. The average molecular weight is 494 g/mol. The molecule has 0 aliphatic rings. The van der Waals surface area contributed by atoms with Crippen LogP contribution in [0.15, 0.2) is 23.2 Å². The van der Waals surface area contributed by atoms with Crippen LogP contribution >= 0.6 is 24.0 Å². The molecule has 156 valence electrons. The van der Waals surface area contributed by atoms with Crippen LogP contribution in [-0.4, -0.2) is 50.2 Å². The normalized spacial score (nSPS) is 12.5. The summed E-state index contributed by atoms with van der Waals surface area (Å²) in [4.78, 5) is 6.68. The Morgan fingerprint density at radius 1 is 1.26 bits per heavy atom. The monoisotopic (exact) mass is 494 g/mol. The Balaban J connectivity index is 0.00000676. The van der Waals surface area contributed by atoms with E-state index in [1.807, 2.05) is 13.0 Å². The molecule has 7 heteroatoms. The van der Waals surface area contributed by atoms with Gasteiger partial charge in [-0.2, -0.15) is 0 Å². The first-order chi connectivity index (χ1) is 12.5. The highest BCUT2D eigenvalue weighted by molar-refractivity contribution is 14.0. The lowest BCUT2D eigenvalue weighted by Gasteiger charge is -2.21. The first-order valence-corrected chi connectivity index (χ1v) is 9.64. The summed E-state index contributed by atoms with van der Waals surface area (Å²) < 4.78 is 19.1. The number of nitrogens with one attached hydrogen (secondary N) is 2. The molecule has 0 fully saturated rings. The van der Waals surface area contributed by atoms with Gasteiger partial charge in [-0.25, -0.2) is 4.39 Å². The quantitative estimate of drug-likeness (QED) is 0.277. The highest BCUT2D eigenvalue weighted by Crippen LogP contribution is 2.18. The SMILES string of the molecule is CCOc1ccc(CNC(=NC)NC(C)CCCN(CC)CC)cc1F.I. The van der Waals surface area contributed by atoms with Gasteiger partial charge < -0.3 is 20.3 Å². The second-order valence-corrected chi connectivity index (χ2v) is 6.34. The van der Waals surface area contributed by atoms with Crippen LogP contribution in [-0.2, 0) is 6.54 Å². The van der Waals surface area contributed by atoms with E-state index in [0.717, 1.165) is 44.0 Å². The van der Waals surface area contributed by atoms with Crippen LogP contribution in [0.3, 0.4) is 0 Å². The number of halogens is 2. The maximum atomic E-state index is 13.9. The predicted octanol–water partition coefficient (Wildman–Crippen LogP) is 4.02. The fraction of sp³-hybridized carbons (Fsp3) is 0.650. The summed E-state index contributed by atoms with van der Waals surface area (Å²) in [6, 6.07) is 5.36. The number of ether oxygens (including phenoxy) is 1. The molecule has 0 aliphatic heterocycles. The summed E-state index contributed by atoms with van der Waals surface area (Å²) in [6.07, 6.45) is 2.23. The van der Waals surface area contributed by atoms with Crippen molar-refractivity contribution in [2.75, 3.05) is 33.3 Å². The van der Waals surface area contributed by atoms with Crippen LogP contribution in [0.4, 0.5) is 4.39 Å². The Bertz CT molecular complexity index is 553. The van der Waals surface area contributed by atoms with Crippen LogP contribution in [0.2, 0.25) is 0 Å². The molecular weight excluding hydrogens is 458 g/mol. The zero-order chi connectivity index (χ0) is 19.4. The fourth-order valence-electron chi connectivity index (χ4n) is 2.77. The molecule has 5 nitrogen and oxygen atoms in total.